The molecule has 0 unspecified atom stereocenters. The van der Waals surface area contributed by atoms with Gasteiger partial charge in [-0.2, -0.15) is 0 Å². The highest BCUT2D eigenvalue weighted by molar-refractivity contribution is 5.87. The van der Waals surface area contributed by atoms with E-state index in [1.54, 1.807) is 18.2 Å². The van der Waals surface area contributed by atoms with E-state index in [4.69, 9.17) is 9.84 Å². The van der Waals surface area contributed by atoms with Gasteiger partial charge in [0.15, 0.2) is 0 Å². The maximum atomic E-state index is 10.8. The van der Waals surface area contributed by atoms with Crippen molar-refractivity contribution in [3.05, 3.63) is 77.9 Å². The number of hydrogen-bond acceptors (Lipinski definition) is 3. The molecule has 0 bridgehead atoms. The Bertz CT molecular complexity index is 624. The third-order valence-corrected chi connectivity index (χ3v) is 3.15. The zero-order valence-electron chi connectivity index (χ0n) is 12.7. The lowest BCUT2D eigenvalue weighted by Crippen LogP contribution is -2.12. The molecular formula is C18H20ClNO3. The molecule has 0 fully saturated rings. The Kier molecular flexibility index (Phi) is 7.88. The molecule has 122 valence electrons. The molecule has 0 aliphatic carbocycles. The first-order valence-corrected chi connectivity index (χ1v) is 7.04. The third-order valence-electron chi connectivity index (χ3n) is 3.15. The van der Waals surface area contributed by atoms with Gasteiger partial charge >= 0.3 is 5.97 Å². The monoisotopic (exact) mass is 333 g/mol. The van der Waals surface area contributed by atoms with Crippen LogP contribution in [0.1, 0.15) is 21.5 Å². The van der Waals surface area contributed by atoms with E-state index in [0.717, 1.165) is 23.4 Å². The third kappa shape index (κ3) is 6.14. The minimum Gasteiger partial charge on any atom is -0.490 e. The Morgan fingerprint density at radius 2 is 1.57 bits per heavy atom. The summed E-state index contributed by atoms with van der Waals surface area (Å²) in [6.45, 7) is 5.54. The molecule has 5 heteroatoms. The van der Waals surface area contributed by atoms with Crippen molar-refractivity contribution in [2.75, 3.05) is 6.61 Å². The molecule has 2 rings (SSSR count). The number of carboxylic acids is 1. The lowest BCUT2D eigenvalue weighted by atomic mass is 10.1. The molecular weight excluding hydrogens is 314 g/mol. The van der Waals surface area contributed by atoms with Crippen molar-refractivity contribution < 1.29 is 14.6 Å². The molecule has 0 saturated carbocycles. The molecule has 4 nitrogen and oxygen atoms in total. The number of carboxylic acid groups (broad SMARTS) is 1. The lowest BCUT2D eigenvalue weighted by molar-refractivity contribution is 0.0697. The smallest absolute Gasteiger partial charge is 0.335 e. The standard InChI is InChI=1S/C18H19NO3.ClH/c1-2-11-22-17-9-5-15(6-10-17)13-19-12-14-3-7-16(8-4-14)18(20)21;/h2-10,19H,1,11-13H2,(H,20,21);1H. The zero-order chi connectivity index (χ0) is 15.8. The maximum Gasteiger partial charge on any atom is 0.335 e. The summed E-state index contributed by atoms with van der Waals surface area (Å²) in [5, 5.41) is 12.2. The van der Waals surface area contributed by atoms with Gasteiger partial charge in [0.25, 0.3) is 0 Å². The molecule has 23 heavy (non-hydrogen) atoms. The molecule has 0 amide bonds. The first-order valence-electron chi connectivity index (χ1n) is 7.04. The van der Waals surface area contributed by atoms with Crippen molar-refractivity contribution in [3.8, 4) is 5.75 Å². The van der Waals surface area contributed by atoms with Crippen LogP contribution < -0.4 is 10.1 Å². The first-order chi connectivity index (χ1) is 10.7. The number of carbonyl (C=O) groups is 1. The average Bonchev–Trinajstić information content (AvgIpc) is 2.54. The van der Waals surface area contributed by atoms with Crippen LogP contribution in [0.3, 0.4) is 0 Å². The van der Waals surface area contributed by atoms with Crippen LogP contribution in [-0.2, 0) is 13.1 Å². The number of rotatable bonds is 8. The van der Waals surface area contributed by atoms with Gasteiger partial charge in [0, 0.05) is 13.1 Å². The second kappa shape index (κ2) is 9.66. The molecule has 0 aromatic heterocycles. The van der Waals surface area contributed by atoms with Crippen molar-refractivity contribution in [2.45, 2.75) is 13.1 Å². The van der Waals surface area contributed by atoms with Gasteiger partial charge in [-0.3, -0.25) is 0 Å². The van der Waals surface area contributed by atoms with E-state index in [-0.39, 0.29) is 12.4 Å². The summed E-state index contributed by atoms with van der Waals surface area (Å²) in [4.78, 5) is 10.8. The van der Waals surface area contributed by atoms with Gasteiger partial charge in [0.2, 0.25) is 0 Å². The summed E-state index contributed by atoms with van der Waals surface area (Å²) in [7, 11) is 0. The fourth-order valence-electron chi connectivity index (χ4n) is 1.98. The molecule has 0 aliphatic heterocycles. The van der Waals surface area contributed by atoms with Crippen LogP contribution >= 0.6 is 12.4 Å². The SMILES string of the molecule is C=CCOc1ccc(CNCc2ccc(C(=O)O)cc2)cc1.Cl. The Labute approximate surface area is 142 Å². The van der Waals surface area contributed by atoms with Gasteiger partial charge in [-0.15, -0.1) is 12.4 Å². The minimum absolute atomic E-state index is 0. The number of benzene rings is 2. The Morgan fingerprint density at radius 3 is 2.04 bits per heavy atom. The summed E-state index contributed by atoms with van der Waals surface area (Å²) in [6.07, 6.45) is 1.71. The van der Waals surface area contributed by atoms with Crippen molar-refractivity contribution in [1.82, 2.24) is 5.32 Å². The highest BCUT2D eigenvalue weighted by Gasteiger charge is 2.01. The second-order valence-corrected chi connectivity index (χ2v) is 4.85. The summed E-state index contributed by atoms with van der Waals surface area (Å²) in [5.74, 6) is -0.0776. The molecule has 2 N–H and O–H groups in total. The maximum absolute atomic E-state index is 10.8. The van der Waals surface area contributed by atoms with Crippen molar-refractivity contribution in [3.63, 3.8) is 0 Å². The van der Waals surface area contributed by atoms with Gasteiger partial charge in [-0.25, -0.2) is 4.79 Å². The van der Waals surface area contributed by atoms with Crippen LogP contribution in [0.5, 0.6) is 5.75 Å². The molecule has 0 atom stereocenters. The average molecular weight is 334 g/mol. The van der Waals surface area contributed by atoms with Gasteiger partial charge in [-0.05, 0) is 35.4 Å². The van der Waals surface area contributed by atoms with Gasteiger partial charge in [-0.1, -0.05) is 36.9 Å². The molecule has 2 aromatic rings. The predicted octanol–water partition coefficient (Wildman–Crippen LogP) is 3.66. The van der Waals surface area contributed by atoms with E-state index >= 15 is 0 Å². The molecule has 2 aromatic carbocycles. The Hall–Kier alpha value is -2.30. The van der Waals surface area contributed by atoms with Crippen LogP contribution in [0.2, 0.25) is 0 Å². The molecule has 0 saturated heterocycles. The lowest BCUT2D eigenvalue weighted by Gasteiger charge is -2.07. The zero-order valence-corrected chi connectivity index (χ0v) is 13.5. The number of ether oxygens (including phenoxy) is 1. The summed E-state index contributed by atoms with van der Waals surface area (Å²) in [5.41, 5.74) is 2.52. The Morgan fingerprint density at radius 1 is 1.04 bits per heavy atom. The minimum atomic E-state index is -0.904. The van der Waals surface area contributed by atoms with Crippen LogP contribution in [0, 0.1) is 0 Å². The largest absolute Gasteiger partial charge is 0.490 e. The van der Waals surface area contributed by atoms with Crippen molar-refractivity contribution >= 4 is 18.4 Å². The van der Waals surface area contributed by atoms with Crippen LogP contribution in [0.4, 0.5) is 0 Å². The van der Waals surface area contributed by atoms with E-state index < -0.39 is 5.97 Å². The fourth-order valence-corrected chi connectivity index (χ4v) is 1.98. The van der Waals surface area contributed by atoms with E-state index in [2.05, 4.69) is 11.9 Å². The molecule has 0 radical (unpaired) electrons. The highest BCUT2D eigenvalue weighted by Crippen LogP contribution is 2.12. The number of halogens is 1. The topological polar surface area (TPSA) is 58.6 Å². The molecule has 0 aliphatic rings. The van der Waals surface area contributed by atoms with E-state index in [1.165, 1.54) is 0 Å². The van der Waals surface area contributed by atoms with Gasteiger partial charge in [0.1, 0.15) is 12.4 Å². The second-order valence-electron chi connectivity index (χ2n) is 4.85. The molecule has 0 spiro atoms. The van der Waals surface area contributed by atoms with Crippen LogP contribution in [0.15, 0.2) is 61.2 Å². The first kappa shape index (κ1) is 18.7. The number of nitrogens with one attached hydrogen (secondary N) is 1. The van der Waals surface area contributed by atoms with Gasteiger partial charge in [0.05, 0.1) is 5.56 Å². The molecule has 0 heterocycles. The fraction of sp³-hybridized carbons (Fsp3) is 0.167. The predicted molar refractivity (Wildman–Crippen MR) is 93.3 cm³/mol. The van der Waals surface area contributed by atoms with Crippen LogP contribution in [-0.4, -0.2) is 17.7 Å². The summed E-state index contributed by atoms with van der Waals surface area (Å²) in [6, 6.07) is 14.8. The Balaban J connectivity index is 0.00000264. The van der Waals surface area contributed by atoms with Crippen molar-refractivity contribution in [2.24, 2.45) is 0 Å². The van der Waals surface area contributed by atoms with E-state index in [1.807, 2.05) is 36.4 Å². The number of aromatic carboxylic acids is 1. The van der Waals surface area contributed by atoms with Crippen LogP contribution in [0.25, 0.3) is 0 Å². The van der Waals surface area contributed by atoms with E-state index in [9.17, 15) is 4.79 Å². The normalized spacial score (nSPS) is 9.74. The van der Waals surface area contributed by atoms with Gasteiger partial charge < -0.3 is 15.2 Å². The van der Waals surface area contributed by atoms with E-state index in [0.29, 0.717) is 18.7 Å². The quantitative estimate of drug-likeness (QED) is 0.724. The highest BCUT2D eigenvalue weighted by atomic mass is 35.5. The number of hydrogen-bond donors (Lipinski definition) is 2. The summed E-state index contributed by atoms with van der Waals surface area (Å²) < 4.78 is 5.43. The van der Waals surface area contributed by atoms with Crippen molar-refractivity contribution in [1.29, 1.82) is 0 Å². The summed E-state index contributed by atoms with van der Waals surface area (Å²) >= 11 is 0.